The number of hydrogen-bond donors (Lipinski definition) is 2. The quantitative estimate of drug-likeness (QED) is 0.606. The number of hydrogen-bond acceptors (Lipinski definition) is 4. The normalized spacial score (nSPS) is 12.5. The zero-order valence-corrected chi connectivity index (χ0v) is 11.4. The van der Waals surface area contributed by atoms with E-state index in [2.05, 4.69) is 17.8 Å². The molecule has 19 heavy (non-hydrogen) atoms. The summed E-state index contributed by atoms with van der Waals surface area (Å²) < 4.78 is 10.7. The van der Waals surface area contributed by atoms with Gasteiger partial charge in [-0.2, -0.15) is 0 Å². The fraction of sp³-hybridized carbons (Fsp3) is 0.500. The van der Waals surface area contributed by atoms with Crippen LogP contribution in [0.2, 0.25) is 0 Å². The van der Waals surface area contributed by atoms with E-state index in [-0.39, 0.29) is 5.91 Å². The van der Waals surface area contributed by atoms with Crippen molar-refractivity contribution in [2.45, 2.75) is 32.6 Å². The molecule has 1 aromatic carbocycles. The molecule has 2 N–H and O–H groups in total. The summed E-state index contributed by atoms with van der Waals surface area (Å²) in [5, 5.41) is 0. The van der Waals surface area contributed by atoms with Crippen molar-refractivity contribution in [1.29, 1.82) is 0 Å². The van der Waals surface area contributed by atoms with Gasteiger partial charge in [0.2, 0.25) is 12.7 Å². The Balaban J connectivity index is 1.82. The van der Waals surface area contributed by atoms with E-state index in [0.717, 1.165) is 30.8 Å². The lowest BCUT2D eigenvalue weighted by Crippen LogP contribution is -2.33. The van der Waals surface area contributed by atoms with E-state index in [1.807, 2.05) is 12.1 Å². The van der Waals surface area contributed by atoms with E-state index >= 15 is 0 Å². The molecule has 0 radical (unpaired) electrons. The molecule has 5 nitrogen and oxygen atoms in total. The molecule has 0 aromatic heterocycles. The third kappa shape index (κ3) is 3.61. The summed E-state index contributed by atoms with van der Waals surface area (Å²) in [6, 6.07) is 4.07. The average molecular weight is 264 g/mol. The molecular weight excluding hydrogens is 244 g/mol. The van der Waals surface area contributed by atoms with Gasteiger partial charge in [-0.15, -0.1) is 0 Å². The van der Waals surface area contributed by atoms with Gasteiger partial charge in [-0.05, 0) is 49.4 Å². The van der Waals surface area contributed by atoms with Gasteiger partial charge in [-0.3, -0.25) is 10.2 Å². The van der Waals surface area contributed by atoms with Crippen LogP contribution >= 0.6 is 0 Å². The first kappa shape index (κ1) is 13.7. The van der Waals surface area contributed by atoms with Crippen LogP contribution < -0.4 is 20.3 Å². The molecule has 5 heteroatoms. The van der Waals surface area contributed by atoms with Crippen LogP contribution in [0.15, 0.2) is 12.1 Å². The maximum absolute atomic E-state index is 11.3. The van der Waals surface area contributed by atoms with Crippen LogP contribution in [0, 0.1) is 6.92 Å². The Bertz CT molecular complexity index is 460. The molecule has 0 spiro atoms. The van der Waals surface area contributed by atoms with Crippen molar-refractivity contribution in [3.63, 3.8) is 0 Å². The number of amides is 1. The molecule has 2 rings (SSSR count). The Morgan fingerprint density at radius 2 is 2.00 bits per heavy atom. The summed E-state index contributed by atoms with van der Waals surface area (Å²) >= 11 is 0. The number of rotatable bonds is 6. The van der Waals surface area contributed by atoms with Gasteiger partial charge in [0.05, 0.1) is 0 Å². The second-order valence-electron chi connectivity index (χ2n) is 4.64. The molecule has 0 unspecified atom stereocenters. The number of fused-ring (bicyclic) bond motifs is 1. The predicted molar refractivity (Wildman–Crippen MR) is 72.1 cm³/mol. The molecule has 0 bridgehead atoms. The molecule has 0 atom stereocenters. The van der Waals surface area contributed by atoms with Crippen molar-refractivity contribution in [3.05, 3.63) is 23.3 Å². The van der Waals surface area contributed by atoms with Gasteiger partial charge in [-0.25, -0.2) is 5.43 Å². The van der Waals surface area contributed by atoms with Crippen molar-refractivity contribution in [1.82, 2.24) is 10.9 Å². The molecule has 0 saturated carbocycles. The standard InChI is InChI=1S/C14H20N2O3/c1-10-7-12-13(19-9-18-12)8-11(10)5-3-4-6-14(17)16-15-2/h7-8,15H,3-6,9H2,1-2H3,(H,16,17). The van der Waals surface area contributed by atoms with Gasteiger partial charge >= 0.3 is 0 Å². The molecular formula is C14H20N2O3. The molecule has 0 fully saturated rings. The van der Waals surface area contributed by atoms with Crippen LogP contribution in [0.25, 0.3) is 0 Å². The average Bonchev–Trinajstić information content (AvgIpc) is 2.82. The van der Waals surface area contributed by atoms with Crippen molar-refractivity contribution >= 4 is 5.91 Å². The minimum absolute atomic E-state index is 0.0323. The Labute approximate surface area is 113 Å². The van der Waals surface area contributed by atoms with Gasteiger partial charge in [-0.1, -0.05) is 0 Å². The number of ether oxygens (including phenoxy) is 2. The monoisotopic (exact) mass is 264 g/mol. The number of carbonyl (C=O) groups excluding carboxylic acids is 1. The first-order chi connectivity index (χ1) is 9.20. The third-order valence-electron chi connectivity index (χ3n) is 3.20. The molecule has 1 aromatic rings. The Kier molecular flexibility index (Phi) is 4.63. The first-order valence-electron chi connectivity index (χ1n) is 6.55. The summed E-state index contributed by atoms with van der Waals surface area (Å²) in [7, 11) is 1.69. The second-order valence-corrected chi connectivity index (χ2v) is 4.64. The number of aryl methyl sites for hydroxylation is 2. The first-order valence-corrected chi connectivity index (χ1v) is 6.55. The van der Waals surface area contributed by atoms with Crippen LogP contribution in [0.1, 0.15) is 30.4 Å². The third-order valence-corrected chi connectivity index (χ3v) is 3.20. The largest absolute Gasteiger partial charge is 0.454 e. The van der Waals surface area contributed by atoms with Crippen molar-refractivity contribution in [2.75, 3.05) is 13.8 Å². The number of carbonyl (C=O) groups is 1. The van der Waals surface area contributed by atoms with Crippen LogP contribution in [0.4, 0.5) is 0 Å². The van der Waals surface area contributed by atoms with Crippen molar-refractivity contribution in [3.8, 4) is 11.5 Å². The summed E-state index contributed by atoms with van der Waals surface area (Å²) in [5.74, 6) is 1.69. The molecule has 0 saturated heterocycles. The van der Waals surface area contributed by atoms with Gasteiger partial charge in [0.25, 0.3) is 0 Å². The van der Waals surface area contributed by atoms with E-state index in [1.54, 1.807) is 7.05 Å². The van der Waals surface area contributed by atoms with Crippen molar-refractivity contribution in [2.24, 2.45) is 0 Å². The Hall–Kier alpha value is -1.75. The summed E-state index contributed by atoms with van der Waals surface area (Å²) in [5.41, 5.74) is 7.67. The molecule has 1 heterocycles. The van der Waals surface area contributed by atoms with Crippen LogP contribution in [0.5, 0.6) is 11.5 Å². The number of nitrogens with one attached hydrogen (secondary N) is 2. The lowest BCUT2D eigenvalue weighted by atomic mass is 10.0. The second kappa shape index (κ2) is 6.43. The van der Waals surface area contributed by atoms with E-state index in [1.165, 1.54) is 11.1 Å². The predicted octanol–water partition coefficient (Wildman–Crippen LogP) is 1.69. The molecule has 104 valence electrons. The zero-order valence-electron chi connectivity index (χ0n) is 11.4. The minimum Gasteiger partial charge on any atom is -0.454 e. The van der Waals surface area contributed by atoms with E-state index in [9.17, 15) is 4.79 Å². The van der Waals surface area contributed by atoms with Gasteiger partial charge in [0.15, 0.2) is 11.5 Å². The van der Waals surface area contributed by atoms with Crippen LogP contribution in [-0.4, -0.2) is 19.7 Å². The molecule has 1 amide bonds. The van der Waals surface area contributed by atoms with E-state index < -0.39 is 0 Å². The summed E-state index contributed by atoms with van der Waals surface area (Å²) in [6.07, 6.45) is 3.36. The lowest BCUT2D eigenvalue weighted by Gasteiger charge is -2.07. The number of unbranched alkanes of at least 4 members (excludes halogenated alkanes) is 1. The fourth-order valence-corrected chi connectivity index (χ4v) is 2.16. The van der Waals surface area contributed by atoms with E-state index in [0.29, 0.717) is 13.2 Å². The Morgan fingerprint density at radius 1 is 1.26 bits per heavy atom. The SMILES string of the molecule is CNNC(=O)CCCCc1cc2c(cc1C)OCO2. The number of benzene rings is 1. The highest BCUT2D eigenvalue weighted by atomic mass is 16.7. The highest BCUT2D eigenvalue weighted by Gasteiger charge is 2.15. The molecule has 0 aliphatic carbocycles. The maximum Gasteiger partial charge on any atom is 0.234 e. The van der Waals surface area contributed by atoms with Crippen LogP contribution in [0.3, 0.4) is 0 Å². The highest BCUT2D eigenvalue weighted by Crippen LogP contribution is 2.35. The van der Waals surface area contributed by atoms with Crippen LogP contribution in [-0.2, 0) is 11.2 Å². The van der Waals surface area contributed by atoms with Gasteiger partial charge in [0.1, 0.15) is 0 Å². The highest BCUT2D eigenvalue weighted by molar-refractivity contribution is 5.75. The molecule has 1 aliphatic heterocycles. The summed E-state index contributed by atoms with van der Waals surface area (Å²) in [4.78, 5) is 11.3. The maximum atomic E-state index is 11.3. The number of hydrazine groups is 1. The topological polar surface area (TPSA) is 59.6 Å². The van der Waals surface area contributed by atoms with Gasteiger partial charge in [0, 0.05) is 13.5 Å². The minimum atomic E-state index is 0.0323. The van der Waals surface area contributed by atoms with Crippen molar-refractivity contribution < 1.29 is 14.3 Å². The smallest absolute Gasteiger partial charge is 0.234 e. The van der Waals surface area contributed by atoms with Gasteiger partial charge < -0.3 is 9.47 Å². The fourth-order valence-electron chi connectivity index (χ4n) is 2.16. The lowest BCUT2D eigenvalue weighted by molar-refractivity contribution is -0.122. The Morgan fingerprint density at radius 3 is 2.74 bits per heavy atom. The molecule has 1 aliphatic rings. The van der Waals surface area contributed by atoms with E-state index in [4.69, 9.17) is 9.47 Å². The zero-order chi connectivity index (χ0) is 13.7. The summed E-state index contributed by atoms with van der Waals surface area (Å²) in [6.45, 7) is 2.38.